The molecular formula is C13H14ClN3O. The SMILES string of the molecule is CC(C)c1cc(Oc2cccc(N)c2)nc(Cl)n1. The van der Waals surface area contributed by atoms with Crippen molar-refractivity contribution in [3.8, 4) is 11.6 Å². The maximum absolute atomic E-state index is 5.86. The monoisotopic (exact) mass is 263 g/mol. The van der Waals surface area contributed by atoms with Gasteiger partial charge in [-0.1, -0.05) is 19.9 Å². The number of nitrogens with zero attached hydrogens (tertiary/aromatic N) is 2. The van der Waals surface area contributed by atoms with E-state index in [1.54, 1.807) is 24.3 Å². The zero-order valence-electron chi connectivity index (χ0n) is 10.2. The molecule has 18 heavy (non-hydrogen) atoms. The molecule has 0 aliphatic carbocycles. The summed E-state index contributed by atoms with van der Waals surface area (Å²) in [6.07, 6.45) is 0. The molecule has 0 spiro atoms. The molecule has 2 rings (SSSR count). The Morgan fingerprint density at radius 1 is 1.22 bits per heavy atom. The number of aromatic nitrogens is 2. The fourth-order valence-electron chi connectivity index (χ4n) is 1.46. The first kappa shape index (κ1) is 12.6. The summed E-state index contributed by atoms with van der Waals surface area (Å²) in [5.41, 5.74) is 7.16. The topological polar surface area (TPSA) is 61.0 Å². The highest BCUT2D eigenvalue weighted by Crippen LogP contribution is 2.25. The zero-order valence-corrected chi connectivity index (χ0v) is 11.0. The Balaban J connectivity index is 2.29. The normalized spacial score (nSPS) is 10.7. The average molecular weight is 264 g/mol. The Morgan fingerprint density at radius 2 is 2.00 bits per heavy atom. The van der Waals surface area contributed by atoms with E-state index < -0.39 is 0 Å². The van der Waals surface area contributed by atoms with Crippen molar-refractivity contribution in [2.75, 3.05) is 5.73 Å². The summed E-state index contributed by atoms with van der Waals surface area (Å²) >= 11 is 5.86. The highest BCUT2D eigenvalue weighted by atomic mass is 35.5. The highest BCUT2D eigenvalue weighted by molar-refractivity contribution is 6.28. The first-order chi connectivity index (χ1) is 8.54. The number of benzene rings is 1. The molecule has 0 saturated carbocycles. The minimum atomic E-state index is 0.181. The predicted molar refractivity (Wildman–Crippen MR) is 72.1 cm³/mol. The molecule has 0 fully saturated rings. The molecule has 0 aliphatic heterocycles. The van der Waals surface area contributed by atoms with Gasteiger partial charge in [-0.3, -0.25) is 0 Å². The Morgan fingerprint density at radius 3 is 2.67 bits per heavy atom. The Labute approximate surface area is 111 Å². The van der Waals surface area contributed by atoms with Crippen LogP contribution in [0.1, 0.15) is 25.5 Å². The summed E-state index contributed by atoms with van der Waals surface area (Å²) in [5, 5.41) is 0.181. The van der Waals surface area contributed by atoms with Crippen molar-refractivity contribution in [2.45, 2.75) is 19.8 Å². The molecule has 0 radical (unpaired) electrons. The zero-order chi connectivity index (χ0) is 13.1. The van der Waals surface area contributed by atoms with Gasteiger partial charge in [-0.05, 0) is 29.7 Å². The van der Waals surface area contributed by atoms with Crippen LogP contribution in [0.25, 0.3) is 0 Å². The minimum absolute atomic E-state index is 0.181. The van der Waals surface area contributed by atoms with Gasteiger partial charge in [0.15, 0.2) is 0 Å². The summed E-state index contributed by atoms with van der Waals surface area (Å²) in [6, 6.07) is 8.92. The minimum Gasteiger partial charge on any atom is -0.439 e. The van der Waals surface area contributed by atoms with Crippen molar-refractivity contribution in [3.63, 3.8) is 0 Å². The molecule has 0 unspecified atom stereocenters. The average Bonchev–Trinajstić information content (AvgIpc) is 2.28. The number of halogens is 1. The standard InChI is InChI=1S/C13H14ClN3O/c1-8(2)11-7-12(17-13(14)16-11)18-10-5-3-4-9(15)6-10/h3-8H,15H2,1-2H3. The lowest BCUT2D eigenvalue weighted by Gasteiger charge is -2.09. The molecule has 2 aromatic rings. The van der Waals surface area contributed by atoms with Crippen LogP contribution in [0.3, 0.4) is 0 Å². The van der Waals surface area contributed by atoms with Crippen LogP contribution in [0.4, 0.5) is 5.69 Å². The van der Waals surface area contributed by atoms with E-state index in [4.69, 9.17) is 22.1 Å². The van der Waals surface area contributed by atoms with Crippen molar-refractivity contribution in [1.82, 2.24) is 9.97 Å². The molecule has 1 heterocycles. The van der Waals surface area contributed by atoms with Crippen LogP contribution in [0, 0.1) is 0 Å². The maximum atomic E-state index is 5.86. The molecule has 1 aromatic carbocycles. The summed E-state index contributed by atoms with van der Waals surface area (Å²) in [7, 11) is 0. The van der Waals surface area contributed by atoms with E-state index in [1.807, 2.05) is 19.9 Å². The summed E-state index contributed by atoms with van der Waals surface area (Å²) in [4.78, 5) is 8.17. The van der Waals surface area contributed by atoms with Crippen LogP contribution in [0.5, 0.6) is 11.6 Å². The van der Waals surface area contributed by atoms with Gasteiger partial charge in [0.1, 0.15) is 5.75 Å². The largest absolute Gasteiger partial charge is 0.439 e. The second-order valence-electron chi connectivity index (χ2n) is 4.23. The van der Waals surface area contributed by atoms with Gasteiger partial charge in [0.2, 0.25) is 11.2 Å². The van der Waals surface area contributed by atoms with Gasteiger partial charge in [0.05, 0.1) is 5.69 Å². The molecular weight excluding hydrogens is 250 g/mol. The molecule has 0 bridgehead atoms. The first-order valence-corrected chi connectivity index (χ1v) is 6.00. The summed E-state index contributed by atoms with van der Waals surface area (Å²) in [6.45, 7) is 4.06. The number of hydrogen-bond acceptors (Lipinski definition) is 4. The molecule has 2 N–H and O–H groups in total. The molecule has 0 aliphatic rings. The fourth-order valence-corrected chi connectivity index (χ4v) is 1.64. The van der Waals surface area contributed by atoms with Crippen LogP contribution in [0.2, 0.25) is 5.28 Å². The predicted octanol–water partition coefficient (Wildman–Crippen LogP) is 3.63. The van der Waals surface area contributed by atoms with E-state index in [1.165, 1.54) is 0 Å². The molecule has 5 heteroatoms. The van der Waals surface area contributed by atoms with Crippen molar-refractivity contribution in [2.24, 2.45) is 0 Å². The molecule has 0 amide bonds. The van der Waals surface area contributed by atoms with Crippen LogP contribution in [-0.2, 0) is 0 Å². The number of rotatable bonds is 3. The number of nitrogens with two attached hydrogens (primary N) is 1. The van der Waals surface area contributed by atoms with Gasteiger partial charge >= 0.3 is 0 Å². The van der Waals surface area contributed by atoms with E-state index in [9.17, 15) is 0 Å². The first-order valence-electron chi connectivity index (χ1n) is 5.62. The maximum Gasteiger partial charge on any atom is 0.225 e. The van der Waals surface area contributed by atoms with Crippen LogP contribution in [-0.4, -0.2) is 9.97 Å². The molecule has 94 valence electrons. The fraction of sp³-hybridized carbons (Fsp3) is 0.231. The van der Waals surface area contributed by atoms with E-state index in [-0.39, 0.29) is 11.2 Å². The van der Waals surface area contributed by atoms with Gasteiger partial charge in [-0.2, -0.15) is 4.98 Å². The number of anilines is 1. The van der Waals surface area contributed by atoms with Gasteiger partial charge in [0, 0.05) is 17.8 Å². The third kappa shape index (κ3) is 3.11. The second-order valence-corrected chi connectivity index (χ2v) is 4.57. The second kappa shape index (κ2) is 5.23. The van der Waals surface area contributed by atoms with Crippen molar-refractivity contribution in [3.05, 3.63) is 41.3 Å². The van der Waals surface area contributed by atoms with Gasteiger partial charge < -0.3 is 10.5 Å². The summed E-state index contributed by atoms with van der Waals surface area (Å²) < 4.78 is 5.62. The van der Waals surface area contributed by atoms with Crippen LogP contribution < -0.4 is 10.5 Å². The van der Waals surface area contributed by atoms with Crippen molar-refractivity contribution in [1.29, 1.82) is 0 Å². The number of hydrogen-bond donors (Lipinski definition) is 1. The molecule has 1 aromatic heterocycles. The lowest BCUT2D eigenvalue weighted by molar-refractivity contribution is 0.460. The van der Waals surface area contributed by atoms with Crippen molar-refractivity contribution >= 4 is 17.3 Å². The highest BCUT2D eigenvalue weighted by Gasteiger charge is 2.08. The third-order valence-electron chi connectivity index (χ3n) is 2.37. The van der Waals surface area contributed by atoms with Gasteiger partial charge in [-0.15, -0.1) is 0 Å². The molecule has 0 atom stereocenters. The van der Waals surface area contributed by atoms with Crippen molar-refractivity contribution < 1.29 is 4.74 Å². The lowest BCUT2D eigenvalue weighted by Crippen LogP contribution is -1.98. The van der Waals surface area contributed by atoms with E-state index in [2.05, 4.69) is 9.97 Å². The van der Waals surface area contributed by atoms with Gasteiger partial charge in [-0.25, -0.2) is 4.98 Å². The van der Waals surface area contributed by atoms with E-state index in [0.717, 1.165) is 5.69 Å². The van der Waals surface area contributed by atoms with E-state index in [0.29, 0.717) is 17.3 Å². The van der Waals surface area contributed by atoms with E-state index >= 15 is 0 Å². The Kier molecular flexibility index (Phi) is 3.67. The molecule has 4 nitrogen and oxygen atoms in total. The van der Waals surface area contributed by atoms with Gasteiger partial charge in [0.25, 0.3) is 0 Å². The Hall–Kier alpha value is -1.81. The Bertz CT molecular complexity index is 558. The summed E-state index contributed by atoms with van der Waals surface area (Å²) in [5.74, 6) is 1.30. The smallest absolute Gasteiger partial charge is 0.225 e. The van der Waals surface area contributed by atoms with Crippen LogP contribution >= 0.6 is 11.6 Å². The lowest BCUT2D eigenvalue weighted by atomic mass is 10.1. The third-order valence-corrected chi connectivity index (χ3v) is 2.54. The van der Waals surface area contributed by atoms with Crippen LogP contribution in [0.15, 0.2) is 30.3 Å². The molecule has 0 saturated heterocycles. The number of ether oxygens (including phenoxy) is 1. The number of nitrogen functional groups attached to an aromatic ring is 1. The quantitative estimate of drug-likeness (QED) is 0.679.